The van der Waals surface area contributed by atoms with Crippen molar-refractivity contribution in [2.75, 3.05) is 45.0 Å². The van der Waals surface area contributed by atoms with E-state index in [-0.39, 0.29) is 11.3 Å². The summed E-state index contributed by atoms with van der Waals surface area (Å²) in [7, 11) is 1.66. The summed E-state index contributed by atoms with van der Waals surface area (Å²) in [4.78, 5) is 11.9. The summed E-state index contributed by atoms with van der Waals surface area (Å²) in [5.41, 5.74) is 0.942. The molecule has 0 spiro atoms. The smallest absolute Gasteiger partial charge is 0.230 e. The Morgan fingerprint density at radius 1 is 1.30 bits per heavy atom. The molecule has 1 N–H and O–H groups in total. The first-order valence-corrected chi connectivity index (χ1v) is 8.92. The van der Waals surface area contributed by atoms with Gasteiger partial charge in [-0.2, -0.15) is 0 Å². The van der Waals surface area contributed by atoms with Crippen molar-refractivity contribution in [2.45, 2.75) is 19.3 Å². The molecular weight excluding hydrogens is 314 g/mol. The van der Waals surface area contributed by atoms with E-state index in [0.717, 1.165) is 22.8 Å². The summed E-state index contributed by atoms with van der Waals surface area (Å²) in [6.07, 6.45) is 0. The summed E-state index contributed by atoms with van der Waals surface area (Å²) < 4.78 is 16.1. The van der Waals surface area contributed by atoms with Crippen LogP contribution in [-0.2, 0) is 14.9 Å². The van der Waals surface area contributed by atoms with Crippen molar-refractivity contribution < 1.29 is 19.0 Å². The van der Waals surface area contributed by atoms with Gasteiger partial charge in [0.1, 0.15) is 13.2 Å². The molecule has 0 unspecified atom stereocenters. The van der Waals surface area contributed by atoms with Crippen molar-refractivity contribution in [3.05, 3.63) is 23.8 Å². The predicted octanol–water partition coefficient (Wildman–Crippen LogP) is 2.23. The van der Waals surface area contributed by atoms with Crippen LogP contribution < -0.4 is 14.8 Å². The fraction of sp³-hybridized carbons (Fsp3) is 0.588. The lowest BCUT2D eigenvalue weighted by Crippen LogP contribution is -2.37. The van der Waals surface area contributed by atoms with Crippen LogP contribution in [0.25, 0.3) is 0 Å². The topological polar surface area (TPSA) is 56.8 Å². The molecule has 2 rings (SSSR count). The van der Waals surface area contributed by atoms with E-state index in [9.17, 15) is 4.79 Å². The van der Waals surface area contributed by atoms with Gasteiger partial charge in [-0.3, -0.25) is 4.79 Å². The van der Waals surface area contributed by atoms with Gasteiger partial charge in [-0.1, -0.05) is 19.9 Å². The molecule has 1 heterocycles. The zero-order chi connectivity index (χ0) is 16.7. The predicted molar refractivity (Wildman–Crippen MR) is 92.7 cm³/mol. The molecule has 1 aliphatic heterocycles. The molecule has 23 heavy (non-hydrogen) atoms. The minimum Gasteiger partial charge on any atom is -0.486 e. The van der Waals surface area contributed by atoms with Crippen molar-refractivity contribution in [3.63, 3.8) is 0 Å². The Bertz CT molecular complexity index is 533. The number of benzene rings is 1. The van der Waals surface area contributed by atoms with Crippen molar-refractivity contribution >= 4 is 17.7 Å². The number of nitrogens with one attached hydrogen (secondary N) is 1. The molecule has 0 saturated heterocycles. The minimum atomic E-state index is -0.178. The second-order valence-electron chi connectivity index (χ2n) is 6.06. The highest BCUT2D eigenvalue weighted by molar-refractivity contribution is 7.99. The third-order valence-electron chi connectivity index (χ3n) is 3.72. The Labute approximate surface area is 142 Å². The van der Waals surface area contributed by atoms with Crippen LogP contribution in [0.4, 0.5) is 0 Å². The number of rotatable bonds is 8. The number of hydrogen-bond acceptors (Lipinski definition) is 5. The van der Waals surface area contributed by atoms with E-state index in [1.807, 2.05) is 18.2 Å². The van der Waals surface area contributed by atoms with Crippen LogP contribution >= 0.6 is 11.8 Å². The lowest BCUT2D eigenvalue weighted by atomic mass is 9.84. The summed E-state index contributed by atoms with van der Waals surface area (Å²) in [5.74, 6) is 2.91. The Kier molecular flexibility index (Phi) is 6.59. The molecule has 0 aliphatic carbocycles. The van der Waals surface area contributed by atoms with Crippen molar-refractivity contribution in [1.82, 2.24) is 5.32 Å². The Morgan fingerprint density at radius 2 is 2.04 bits per heavy atom. The number of amides is 1. The van der Waals surface area contributed by atoms with Crippen LogP contribution in [0.3, 0.4) is 0 Å². The first kappa shape index (κ1) is 17.9. The van der Waals surface area contributed by atoms with E-state index in [2.05, 4.69) is 19.2 Å². The molecule has 128 valence electrons. The first-order chi connectivity index (χ1) is 11.0. The van der Waals surface area contributed by atoms with Gasteiger partial charge < -0.3 is 19.5 Å². The third-order valence-corrected chi connectivity index (χ3v) is 4.64. The van der Waals surface area contributed by atoms with Gasteiger partial charge in [-0.05, 0) is 17.7 Å². The average molecular weight is 339 g/mol. The normalized spacial score (nSPS) is 13.7. The maximum absolute atomic E-state index is 11.9. The molecule has 0 aromatic heterocycles. The van der Waals surface area contributed by atoms with Gasteiger partial charge in [0.25, 0.3) is 0 Å². The van der Waals surface area contributed by atoms with Gasteiger partial charge in [-0.15, -0.1) is 11.8 Å². The SMILES string of the molecule is COCCSCC(=O)NCC(C)(C)c1ccc2c(c1)OCCO2. The van der Waals surface area contributed by atoms with E-state index in [1.165, 1.54) is 0 Å². The van der Waals surface area contributed by atoms with Crippen LogP contribution in [0.1, 0.15) is 19.4 Å². The van der Waals surface area contributed by atoms with Gasteiger partial charge >= 0.3 is 0 Å². The molecule has 0 bridgehead atoms. The molecular formula is C17H25NO4S. The van der Waals surface area contributed by atoms with Gasteiger partial charge in [0.2, 0.25) is 5.91 Å². The molecule has 6 heteroatoms. The Balaban J connectivity index is 1.87. The summed E-state index contributed by atoms with van der Waals surface area (Å²) in [6, 6.07) is 5.98. The summed E-state index contributed by atoms with van der Waals surface area (Å²) in [6.45, 7) is 6.63. The number of ether oxygens (including phenoxy) is 3. The van der Waals surface area contributed by atoms with Crippen molar-refractivity contribution in [2.24, 2.45) is 0 Å². The highest BCUT2D eigenvalue weighted by Gasteiger charge is 2.24. The lowest BCUT2D eigenvalue weighted by molar-refractivity contribution is -0.118. The number of methoxy groups -OCH3 is 1. The van der Waals surface area contributed by atoms with Crippen molar-refractivity contribution in [1.29, 1.82) is 0 Å². The molecule has 0 radical (unpaired) electrons. The molecule has 5 nitrogen and oxygen atoms in total. The van der Waals surface area contributed by atoms with Crippen LogP contribution in [-0.4, -0.2) is 50.9 Å². The monoisotopic (exact) mass is 339 g/mol. The van der Waals surface area contributed by atoms with Crippen LogP contribution in [0.5, 0.6) is 11.5 Å². The van der Waals surface area contributed by atoms with E-state index in [4.69, 9.17) is 14.2 Å². The third kappa shape index (κ3) is 5.32. The van der Waals surface area contributed by atoms with E-state index < -0.39 is 0 Å². The molecule has 0 saturated carbocycles. The molecule has 1 amide bonds. The molecule has 1 aromatic rings. The average Bonchev–Trinajstić information content (AvgIpc) is 2.56. The molecule has 0 fully saturated rings. The Morgan fingerprint density at radius 3 is 2.78 bits per heavy atom. The highest BCUT2D eigenvalue weighted by atomic mass is 32.2. The van der Waals surface area contributed by atoms with Crippen molar-refractivity contribution in [3.8, 4) is 11.5 Å². The molecule has 1 aliphatic rings. The maximum Gasteiger partial charge on any atom is 0.230 e. The number of thioether (sulfide) groups is 1. The van der Waals surface area contributed by atoms with Gasteiger partial charge in [0.05, 0.1) is 12.4 Å². The molecule has 1 aromatic carbocycles. The number of fused-ring (bicyclic) bond motifs is 1. The standard InChI is InChI=1S/C17H25NO4S/c1-17(2,12-18-16(19)11-23-9-8-20-3)13-4-5-14-15(10-13)22-7-6-21-14/h4-5,10H,6-9,11-12H2,1-3H3,(H,18,19). The zero-order valence-electron chi connectivity index (χ0n) is 14.0. The van der Waals surface area contributed by atoms with Gasteiger partial charge in [0, 0.05) is 24.8 Å². The van der Waals surface area contributed by atoms with E-state index >= 15 is 0 Å². The maximum atomic E-state index is 11.9. The minimum absolute atomic E-state index is 0.0525. The lowest BCUT2D eigenvalue weighted by Gasteiger charge is -2.27. The van der Waals surface area contributed by atoms with Crippen LogP contribution in [0.2, 0.25) is 0 Å². The van der Waals surface area contributed by atoms with Crippen LogP contribution in [0.15, 0.2) is 18.2 Å². The number of carbonyl (C=O) groups is 1. The largest absolute Gasteiger partial charge is 0.486 e. The summed E-state index contributed by atoms with van der Waals surface area (Å²) in [5, 5.41) is 3.01. The van der Waals surface area contributed by atoms with E-state index in [1.54, 1.807) is 18.9 Å². The molecule has 0 atom stereocenters. The zero-order valence-corrected chi connectivity index (χ0v) is 14.8. The second kappa shape index (κ2) is 8.45. The number of carbonyl (C=O) groups excluding carboxylic acids is 1. The summed E-state index contributed by atoms with van der Waals surface area (Å²) >= 11 is 1.58. The van der Waals surface area contributed by atoms with E-state index in [0.29, 0.717) is 32.1 Å². The number of hydrogen-bond donors (Lipinski definition) is 1. The fourth-order valence-electron chi connectivity index (χ4n) is 2.24. The first-order valence-electron chi connectivity index (χ1n) is 7.76. The highest BCUT2D eigenvalue weighted by Crippen LogP contribution is 2.34. The van der Waals surface area contributed by atoms with Gasteiger partial charge in [-0.25, -0.2) is 0 Å². The van der Waals surface area contributed by atoms with Crippen LogP contribution in [0, 0.1) is 0 Å². The van der Waals surface area contributed by atoms with Gasteiger partial charge in [0.15, 0.2) is 11.5 Å². The Hall–Kier alpha value is -1.40. The fourth-order valence-corrected chi connectivity index (χ4v) is 2.96. The second-order valence-corrected chi connectivity index (χ2v) is 7.17. The quantitative estimate of drug-likeness (QED) is 0.736.